The van der Waals surface area contributed by atoms with Gasteiger partial charge in [0, 0.05) is 17.5 Å². The number of amides is 1. The van der Waals surface area contributed by atoms with E-state index < -0.39 is 0 Å². The highest BCUT2D eigenvalue weighted by Gasteiger charge is 2.42. The van der Waals surface area contributed by atoms with Gasteiger partial charge in [-0.15, -0.1) is 0 Å². The molecule has 3 atom stereocenters. The van der Waals surface area contributed by atoms with Crippen LogP contribution < -0.4 is 5.32 Å². The molecule has 0 aromatic heterocycles. The Kier molecular flexibility index (Phi) is 4.54. The van der Waals surface area contributed by atoms with Crippen LogP contribution in [-0.2, 0) is 4.79 Å². The molecule has 1 amide bonds. The maximum Gasteiger partial charge on any atom is 0.229 e. The van der Waals surface area contributed by atoms with E-state index in [1.165, 1.54) is 19.3 Å². The van der Waals surface area contributed by atoms with Crippen LogP contribution in [0, 0.1) is 11.3 Å². The first-order chi connectivity index (χ1) is 8.94. The Balaban J connectivity index is 2.11. The highest BCUT2D eigenvalue weighted by molar-refractivity contribution is 5.83. The molecule has 0 spiro atoms. The zero-order chi connectivity index (χ0) is 14.0. The molecule has 2 heterocycles. The van der Waals surface area contributed by atoms with Crippen LogP contribution in [0.3, 0.4) is 0 Å². The summed E-state index contributed by atoms with van der Waals surface area (Å²) in [6.07, 6.45) is 5.97. The lowest BCUT2D eigenvalue weighted by atomic mass is 9.73. The molecule has 0 bridgehead atoms. The molecule has 0 aliphatic carbocycles. The van der Waals surface area contributed by atoms with Crippen LogP contribution in [0.25, 0.3) is 0 Å². The zero-order valence-electron chi connectivity index (χ0n) is 13.0. The van der Waals surface area contributed by atoms with E-state index in [0.29, 0.717) is 23.9 Å². The molecule has 2 rings (SSSR count). The molecule has 0 aromatic rings. The molecule has 2 aliphatic heterocycles. The van der Waals surface area contributed by atoms with Gasteiger partial charge in [-0.25, -0.2) is 0 Å². The summed E-state index contributed by atoms with van der Waals surface area (Å²) >= 11 is 0. The van der Waals surface area contributed by atoms with Gasteiger partial charge in [0.15, 0.2) is 0 Å². The van der Waals surface area contributed by atoms with Crippen LogP contribution in [0.1, 0.15) is 59.8 Å². The number of hydrogen-bond donors (Lipinski definition) is 1. The number of nitrogens with one attached hydrogen (secondary N) is 1. The van der Waals surface area contributed by atoms with Crippen LogP contribution in [0.15, 0.2) is 0 Å². The van der Waals surface area contributed by atoms with Gasteiger partial charge >= 0.3 is 0 Å². The minimum Gasteiger partial charge on any atom is -0.337 e. The largest absolute Gasteiger partial charge is 0.337 e. The second kappa shape index (κ2) is 5.82. The van der Waals surface area contributed by atoms with Gasteiger partial charge in [-0.2, -0.15) is 0 Å². The van der Waals surface area contributed by atoms with Gasteiger partial charge in [-0.3, -0.25) is 4.79 Å². The number of piperidine rings is 2. The predicted octanol–water partition coefficient (Wildman–Crippen LogP) is 2.80. The Labute approximate surface area is 118 Å². The summed E-state index contributed by atoms with van der Waals surface area (Å²) in [5.41, 5.74) is -0.229. The molecule has 3 unspecified atom stereocenters. The van der Waals surface area contributed by atoms with Gasteiger partial charge in [0.2, 0.25) is 5.91 Å². The van der Waals surface area contributed by atoms with Crippen molar-refractivity contribution in [2.75, 3.05) is 13.1 Å². The topological polar surface area (TPSA) is 32.3 Å². The maximum atomic E-state index is 13.0. The first-order valence-corrected chi connectivity index (χ1v) is 7.98. The number of carbonyl (C=O) groups is 1. The van der Waals surface area contributed by atoms with Crippen LogP contribution in [-0.4, -0.2) is 36.0 Å². The van der Waals surface area contributed by atoms with Gasteiger partial charge in [-0.1, -0.05) is 13.8 Å². The molecule has 3 nitrogen and oxygen atoms in total. The van der Waals surface area contributed by atoms with Crippen molar-refractivity contribution in [3.8, 4) is 0 Å². The normalized spacial score (nSPS) is 33.3. The fraction of sp³-hybridized carbons (Fsp3) is 0.938. The van der Waals surface area contributed by atoms with Crippen molar-refractivity contribution in [3.05, 3.63) is 0 Å². The number of hydrogen-bond acceptors (Lipinski definition) is 2. The van der Waals surface area contributed by atoms with Gasteiger partial charge in [0.1, 0.15) is 0 Å². The van der Waals surface area contributed by atoms with Crippen molar-refractivity contribution in [2.45, 2.75) is 71.9 Å². The number of rotatable bonds is 2. The standard InChI is InChI=1S/C16H30N2O/c1-12-7-5-8-13(2)18(12)15(19)16(3,4)14-9-6-10-17-11-14/h12-14,17H,5-11H2,1-4H3. The van der Waals surface area contributed by atoms with Crippen molar-refractivity contribution < 1.29 is 4.79 Å². The van der Waals surface area contributed by atoms with Crippen molar-refractivity contribution in [1.82, 2.24) is 10.2 Å². The minimum atomic E-state index is -0.229. The Hall–Kier alpha value is -0.570. The lowest BCUT2D eigenvalue weighted by molar-refractivity contribution is -0.150. The molecule has 0 radical (unpaired) electrons. The van der Waals surface area contributed by atoms with Crippen LogP contribution in [0.4, 0.5) is 0 Å². The third kappa shape index (κ3) is 2.96. The van der Waals surface area contributed by atoms with E-state index in [1.54, 1.807) is 0 Å². The van der Waals surface area contributed by atoms with Crippen LogP contribution in [0.2, 0.25) is 0 Å². The number of likely N-dealkylation sites (tertiary alicyclic amines) is 1. The molecule has 2 fully saturated rings. The lowest BCUT2D eigenvalue weighted by Crippen LogP contribution is -2.55. The molecule has 19 heavy (non-hydrogen) atoms. The SMILES string of the molecule is CC1CCCC(C)N1C(=O)C(C)(C)C1CCCNC1. The smallest absolute Gasteiger partial charge is 0.229 e. The van der Waals surface area contributed by atoms with Crippen molar-refractivity contribution in [2.24, 2.45) is 11.3 Å². The van der Waals surface area contributed by atoms with E-state index in [-0.39, 0.29) is 5.41 Å². The fourth-order valence-corrected chi connectivity index (χ4v) is 3.80. The fourth-order valence-electron chi connectivity index (χ4n) is 3.80. The van der Waals surface area contributed by atoms with E-state index in [1.807, 2.05) is 0 Å². The number of nitrogens with zero attached hydrogens (tertiary/aromatic N) is 1. The Morgan fingerprint density at radius 3 is 2.26 bits per heavy atom. The second-order valence-electron chi connectivity index (χ2n) is 7.11. The second-order valence-corrected chi connectivity index (χ2v) is 7.11. The lowest BCUT2D eigenvalue weighted by Gasteiger charge is -2.46. The summed E-state index contributed by atoms with van der Waals surface area (Å²) in [6.45, 7) is 10.8. The highest BCUT2D eigenvalue weighted by Crippen LogP contribution is 2.36. The molecular weight excluding hydrogens is 236 g/mol. The first-order valence-electron chi connectivity index (χ1n) is 7.98. The van der Waals surface area contributed by atoms with Crippen molar-refractivity contribution in [1.29, 1.82) is 0 Å². The molecule has 0 aromatic carbocycles. The summed E-state index contributed by atoms with van der Waals surface area (Å²) in [6, 6.07) is 0.819. The predicted molar refractivity (Wildman–Crippen MR) is 79.0 cm³/mol. The summed E-state index contributed by atoms with van der Waals surface area (Å²) < 4.78 is 0. The third-order valence-corrected chi connectivity index (χ3v) is 5.30. The van der Waals surface area contributed by atoms with E-state index in [9.17, 15) is 4.79 Å². The van der Waals surface area contributed by atoms with Gasteiger partial charge in [-0.05, 0) is 65.0 Å². The zero-order valence-corrected chi connectivity index (χ0v) is 13.0. The Morgan fingerprint density at radius 1 is 1.11 bits per heavy atom. The van der Waals surface area contributed by atoms with Crippen LogP contribution in [0.5, 0.6) is 0 Å². The highest BCUT2D eigenvalue weighted by atomic mass is 16.2. The van der Waals surface area contributed by atoms with Crippen LogP contribution >= 0.6 is 0 Å². The van der Waals surface area contributed by atoms with Gasteiger partial charge < -0.3 is 10.2 Å². The maximum absolute atomic E-state index is 13.0. The first kappa shape index (κ1) is 14.8. The minimum absolute atomic E-state index is 0.229. The molecule has 3 heteroatoms. The van der Waals surface area contributed by atoms with Gasteiger partial charge in [0.25, 0.3) is 0 Å². The van der Waals surface area contributed by atoms with E-state index in [0.717, 1.165) is 25.9 Å². The Morgan fingerprint density at radius 2 is 1.74 bits per heavy atom. The monoisotopic (exact) mass is 266 g/mol. The molecule has 0 saturated carbocycles. The van der Waals surface area contributed by atoms with Gasteiger partial charge in [0.05, 0.1) is 0 Å². The van der Waals surface area contributed by atoms with Crippen molar-refractivity contribution >= 4 is 5.91 Å². The molecule has 1 N–H and O–H groups in total. The molecule has 110 valence electrons. The van der Waals surface area contributed by atoms with E-state index >= 15 is 0 Å². The summed E-state index contributed by atoms with van der Waals surface area (Å²) in [5.74, 6) is 0.857. The number of carbonyl (C=O) groups excluding carboxylic acids is 1. The summed E-state index contributed by atoms with van der Waals surface area (Å²) in [4.78, 5) is 15.2. The quantitative estimate of drug-likeness (QED) is 0.833. The summed E-state index contributed by atoms with van der Waals surface area (Å²) in [5, 5.41) is 3.45. The van der Waals surface area contributed by atoms with E-state index in [2.05, 4.69) is 37.9 Å². The third-order valence-electron chi connectivity index (χ3n) is 5.30. The molecule has 2 aliphatic rings. The molecule has 2 saturated heterocycles. The average molecular weight is 266 g/mol. The average Bonchev–Trinajstić information content (AvgIpc) is 2.39. The Bertz CT molecular complexity index is 311. The van der Waals surface area contributed by atoms with Crippen molar-refractivity contribution in [3.63, 3.8) is 0 Å². The summed E-state index contributed by atoms with van der Waals surface area (Å²) in [7, 11) is 0. The van der Waals surface area contributed by atoms with E-state index in [4.69, 9.17) is 0 Å². The molecular formula is C16H30N2O.